The van der Waals surface area contributed by atoms with E-state index in [9.17, 15) is 14.0 Å². The Balaban J connectivity index is 2.02. The van der Waals surface area contributed by atoms with Crippen molar-refractivity contribution < 1.29 is 19.1 Å². The Labute approximate surface area is 125 Å². The molecule has 1 fully saturated rings. The van der Waals surface area contributed by atoms with Crippen molar-refractivity contribution >= 4 is 28.6 Å². The first kappa shape index (κ1) is 15.4. The zero-order valence-electron chi connectivity index (χ0n) is 11.0. The fourth-order valence-electron chi connectivity index (χ4n) is 1.66. The molecule has 1 heterocycles. The van der Waals surface area contributed by atoms with E-state index in [-0.39, 0.29) is 29.7 Å². The summed E-state index contributed by atoms with van der Waals surface area (Å²) in [5, 5.41) is 13.4. The summed E-state index contributed by atoms with van der Waals surface area (Å²) >= 11 is 1.04. The molecular weight excluding hydrogens is 295 g/mol. The maximum absolute atomic E-state index is 13.8. The molecule has 1 aromatic carbocycles. The van der Waals surface area contributed by atoms with Gasteiger partial charge in [0.1, 0.15) is 11.9 Å². The number of aliphatic hydroxyl groups excluding tert-OH is 1. The van der Waals surface area contributed by atoms with Crippen LogP contribution in [0.4, 0.5) is 14.9 Å². The van der Waals surface area contributed by atoms with Crippen LogP contribution in [0.15, 0.2) is 18.2 Å². The van der Waals surface area contributed by atoms with Crippen molar-refractivity contribution in [2.45, 2.75) is 12.5 Å². The number of thioether (sulfide) groups is 1. The van der Waals surface area contributed by atoms with E-state index in [0.29, 0.717) is 11.4 Å². The van der Waals surface area contributed by atoms with Gasteiger partial charge >= 0.3 is 0 Å². The number of nitrogens with one attached hydrogen (secondary N) is 2. The van der Waals surface area contributed by atoms with Gasteiger partial charge in [0.05, 0.1) is 12.2 Å². The molecule has 21 heavy (non-hydrogen) atoms. The molecular formula is C14H13FN2O3S. The number of anilines is 1. The van der Waals surface area contributed by atoms with Gasteiger partial charge < -0.3 is 15.7 Å². The second-order valence-electron chi connectivity index (χ2n) is 4.25. The van der Waals surface area contributed by atoms with Gasteiger partial charge in [-0.1, -0.05) is 23.6 Å². The van der Waals surface area contributed by atoms with Crippen LogP contribution in [-0.4, -0.2) is 34.7 Å². The first-order valence-electron chi connectivity index (χ1n) is 6.23. The predicted octanol–water partition coefficient (Wildman–Crippen LogP) is 1.32. The Kier molecular flexibility index (Phi) is 5.20. The number of rotatable bonds is 3. The van der Waals surface area contributed by atoms with Crippen LogP contribution in [0.1, 0.15) is 12.0 Å². The number of amides is 2. The van der Waals surface area contributed by atoms with Crippen molar-refractivity contribution in [3.63, 3.8) is 0 Å². The lowest BCUT2D eigenvalue weighted by Gasteiger charge is -2.10. The maximum atomic E-state index is 13.8. The van der Waals surface area contributed by atoms with E-state index in [1.54, 1.807) is 0 Å². The van der Waals surface area contributed by atoms with E-state index in [2.05, 4.69) is 22.5 Å². The molecule has 1 aliphatic heterocycles. The van der Waals surface area contributed by atoms with Crippen molar-refractivity contribution in [3.05, 3.63) is 29.6 Å². The minimum Gasteiger partial charge on any atom is -0.395 e. The van der Waals surface area contributed by atoms with Crippen molar-refractivity contribution in [2.75, 3.05) is 17.7 Å². The summed E-state index contributed by atoms with van der Waals surface area (Å²) in [7, 11) is 0. The zero-order chi connectivity index (χ0) is 15.2. The highest BCUT2D eigenvalue weighted by Gasteiger charge is 2.27. The molecule has 5 nitrogen and oxygen atoms in total. The van der Waals surface area contributed by atoms with Gasteiger partial charge in [-0.05, 0) is 18.2 Å². The lowest BCUT2D eigenvalue weighted by atomic mass is 10.2. The molecule has 3 N–H and O–H groups in total. The highest BCUT2D eigenvalue weighted by Crippen LogP contribution is 2.17. The first-order valence-corrected chi connectivity index (χ1v) is 7.22. The number of carbonyl (C=O) groups excluding carboxylic acids is 2. The van der Waals surface area contributed by atoms with Crippen molar-refractivity contribution in [1.29, 1.82) is 0 Å². The van der Waals surface area contributed by atoms with Gasteiger partial charge in [0, 0.05) is 17.9 Å². The average molecular weight is 308 g/mol. The molecule has 1 saturated heterocycles. The van der Waals surface area contributed by atoms with Crippen LogP contribution in [-0.2, 0) is 4.79 Å². The molecule has 0 spiro atoms. The Morgan fingerprint density at radius 2 is 2.38 bits per heavy atom. The molecule has 0 radical (unpaired) electrons. The standard InChI is InChI=1S/C14H13FN2O3S/c15-11-7-10(5-4-9(11)3-1-2-6-18)16-13(19)12-8-21-14(20)17-12/h4-5,7,12,18H,2,6,8H2,(H,16,19)(H,17,20). The van der Waals surface area contributed by atoms with E-state index in [4.69, 9.17) is 5.11 Å². The summed E-state index contributed by atoms with van der Waals surface area (Å²) in [4.78, 5) is 22.9. The van der Waals surface area contributed by atoms with Crippen molar-refractivity contribution in [1.82, 2.24) is 5.32 Å². The quantitative estimate of drug-likeness (QED) is 0.736. The zero-order valence-corrected chi connectivity index (χ0v) is 11.8. The molecule has 1 unspecified atom stereocenters. The molecule has 1 aliphatic rings. The van der Waals surface area contributed by atoms with Crippen LogP contribution in [0, 0.1) is 17.7 Å². The number of carbonyl (C=O) groups is 2. The van der Waals surface area contributed by atoms with Gasteiger partial charge in [-0.3, -0.25) is 9.59 Å². The summed E-state index contributed by atoms with van der Waals surface area (Å²) in [5.41, 5.74) is 0.502. The number of halogens is 1. The van der Waals surface area contributed by atoms with E-state index in [1.807, 2.05) is 0 Å². The topological polar surface area (TPSA) is 78.4 Å². The minimum absolute atomic E-state index is 0.0755. The molecule has 0 aromatic heterocycles. The first-order chi connectivity index (χ1) is 10.1. The highest BCUT2D eigenvalue weighted by atomic mass is 32.2. The third kappa shape index (κ3) is 4.21. The second-order valence-corrected chi connectivity index (χ2v) is 5.25. The number of hydrogen-bond acceptors (Lipinski definition) is 4. The molecule has 2 rings (SSSR count). The summed E-state index contributed by atoms with van der Waals surface area (Å²) < 4.78 is 13.8. The van der Waals surface area contributed by atoms with E-state index in [0.717, 1.165) is 11.8 Å². The van der Waals surface area contributed by atoms with Gasteiger partial charge in [0.15, 0.2) is 0 Å². The highest BCUT2D eigenvalue weighted by molar-refractivity contribution is 8.14. The van der Waals surface area contributed by atoms with Crippen LogP contribution < -0.4 is 10.6 Å². The van der Waals surface area contributed by atoms with Crippen LogP contribution in [0.5, 0.6) is 0 Å². The van der Waals surface area contributed by atoms with E-state index in [1.165, 1.54) is 18.2 Å². The maximum Gasteiger partial charge on any atom is 0.279 e. The summed E-state index contributed by atoms with van der Waals surface area (Å²) in [5.74, 6) is 4.65. The molecule has 1 aromatic rings. The molecule has 7 heteroatoms. The summed E-state index contributed by atoms with van der Waals surface area (Å²) in [6.07, 6.45) is 0.275. The monoisotopic (exact) mass is 308 g/mol. The van der Waals surface area contributed by atoms with Crippen LogP contribution in [0.25, 0.3) is 0 Å². The van der Waals surface area contributed by atoms with Gasteiger partial charge in [-0.25, -0.2) is 4.39 Å². The van der Waals surface area contributed by atoms with Crippen LogP contribution in [0.2, 0.25) is 0 Å². The molecule has 0 aliphatic carbocycles. The molecule has 110 valence electrons. The SMILES string of the molecule is O=C1NC(C(=O)Nc2ccc(C#CCCO)c(F)c2)CS1. The Morgan fingerprint density at radius 1 is 1.57 bits per heavy atom. The van der Waals surface area contributed by atoms with Crippen LogP contribution in [0.3, 0.4) is 0 Å². The van der Waals surface area contributed by atoms with Crippen LogP contribution >= 0.6 is 11.8 Å². The third-order valence-corrected chi connectivity index (χ3v) is 3.57. The van der Waals surface area contributed by atoms with Crippen molar-refractivity contribution in [3.8, 4) is 11.8 Å². The fourth-order valence-corrected chi connectivity index (χ4v) is 2.44. The Bertz CT molecular complexity index is 624. The molecule has 0 bridgehead atoms. The number of hydrogen-bond donors (Lipinski definition) is 3. The number of aliphatic hydroxyl groups is 1. The normalized spacial score (nSPS) is 16.9. The van der Waals surface area contributed by atoms with Gasteiger partial charge in [-0.15, -0.1) is 0 Å². The molecule has 0 saturated carbocycles. The smallest absolute Gasteiger partial charge is 0.279 e. The predicted molar refractivity (Wildman–Crippen MR) is 78.4 cm³/mol. The lowest BCUT2D eigenvalue weighted by molar-refractivity contribution is -0.117. The lowest BCUT2D eigenvalue weighted by Crippen LogP contribution is -2.38. The Morgan fingerprint density at radius 3 is 3.00 bits per heavy atom. The Hall–Kier alpha value is -2.04. The van der Waals surface area contributed by atoms with Gasteiger partial charge in [-0.2, -0.15) is 0 Å². The summed E-state index contributed by atoms with van der Waals surface area (Å²) in [6, 6.07) is 3.56. The van der Waals surface area contributed by atoms with E-state index < -0.39 is 11.9 Å². The second kappa shape index (κ2) is 7.11. The van der Waals surface area contributed by atoms with Crippen molar-refractivity contribution in [2.24, 2.45) is 0 Å². The third-order valence-electron chi connectivity index (χ3n) is 2.69. The minimum atomic E-state index is -0.602. The largest absolute Gasteiger partial charge is 0.395 e. The molecule has 1 atom stereocenters. The average Bonchev–Trinajstić information content (AvgIpc) is 2.88. The molecule has 2 amide bonds. The van der Waals surface area contributed by atoms with Gasteiger partial charge in [0.2, 0.25) is 5.91 Å². The van der Waals surface area contributed by atoms with E-state index >= 15 is 0 Å². The fraction of sp³-hybridized carbons (Fsp3) is 0.286. The summed E-state index contributed by atoms with van der Waals surface area (Å²) in [6.45, 7) is -0.0755. The number of benzene rings is 1. The van der Waals surface area contributed by atoms with Gasteiger partial charge in [0.25, 0.3) is 5.24 Å².